The Morgan fingerprint density at radius 1 is 1.04 bits per heavy atom. The first-order valence-corrected chi connectivity index (χ1v) is 8.66. The monoisotopic (exact) mass is 378 g/mol. The van der Waals surface area contributed by atoms with Gasteiger partial charge in [-0.25, -0.2) is 14.5 Å². The van der Waals surface area contributed by atoms with Crippen LogP contribution < -0.4 is 10.5 Å². The molecule has 0 atom stereocenters. The van der Waals surface area contributed by atoms with Crippen LogP contribution in [0.25, 0.3) is 6.08 Å². The first-order valence-electron chi connectivity index (χ1n) is 8.66. The normalized spacial score (nSPS) is 12.0. The van der Waals surface area contributed by atoms with Gasteiger partial charge in [0.05, 0.1) is 13.7 Å². The lowest BCUT2D eigenvalue weighted by atomic mass is 10.1. The van der Waals surface area contributed by atoms with Crippen LogP contribution in [-0.2, 0) is 9.47 Å². The molecule has 1 aromatic carbocycles. The van der Waals surface area contributed by atoms with Crippen molar-refractivity contribution in [1.29, 1.82) is 0 Å². The molecule has 0 unspecified atom stereocenters. The number of nitrogen functional groups attached to an aromatic ring is 1. The summed E-state index contributed by atoms with van der Waals surface area (Å²) in [6.07, 6.45) is 1.82. The maximum atomic E-state index is 12.4. The molecular weight excluding hydrogens is 348 g/mol. The van der Waals surface area contributed by atoms with E-state index in [1.54, 1.807) is 79.0 Å². The number of nitrogens with two attached hydrogens (primary N) is 1. The van der Waals surface area contributed by atoms with Crippen LogP contribution >= 0.6 is 0 Å². The summed E-state index contributed by atoms with van der Waals surface area (Å²) in [6, 6.07) is 5.25. The van der Waals surface area contributed by atoms with Gasteiger partial charge < -0.3 is 19.9 Å². The summed E-state index contributed by atoms with van der Waals surface area (Å²) in [5.41, 5.74) is 5.76. The number of anilines is 1. The van der Waals surface area contributed by atoms with E-state index in [1.165, 1.54) is 0 Å². The number of hydrogen-bond acceptors (Lipinski definition) is 6. The van der Waals surface area contributed by atoms with Crippen LogP contribution in [0.5, 0.6) is 5.75 Å². The molecular formula is C20H30N2O5. The van der Waals surface area contributed by atoms with Gasteiger partial charge in [-0.05, 0) is 59.2 Å². The van der Waals surface area contributed by atoms with E-state index in [0.29, 0.717) is 11.4 Å². The summed E-state index contributed by atoms with van der Waals surface area (Å²) in [7, 11) is 1.56. The third-order valence-corrected chi connectivity index (χ3v) is 3.11. The van der Waals surface area contributed by atoms with Gasteiger partial charge in [-0.3, -0.25) is 0 Å². The van der Waals surface area contributed by atoms with Gasteiger partial charge in [0.1, 0.15) is 17.0 Å². The van der Waals surface area contributed by atoms with E-state index >= 15 is 0 Å². The molecule has 2 N–H and O–H groups in total. The van der Waals surface area contributed by atoms with Gasteiger partial charge in [0.2, 0.25) is 0 Å². The van der Waals surface area contributed by atoms with Crippen molar-refractivity contribution < 1.29 is 23.8 Å². The molecule has 0 fully saturated rings. The zero-order valence-electron chi connectivity index (χ0n) is 17.2. The van der Waals surface area contributed by atoms with Crippen LogP contribution in [0.2, 0.25) is 0 Å². The number of ether oxygens (including phenoxy) is 3. The van der Waals surface area contributed by atoms with E-state index < -0.39 is 23.4 Å². The zero-order chi connectivity index (χ0) is 20.8. The lowest BCUT2D eigenvalue weighted by molar-refractivity contribution is 0.00377. The largest absolute Gasteiger partial charge is 0.497 e. The molecule has 0 bridgehead atoms. The maximum absolute atomic E-state index is 12.4. The lowest BCUT2D eigenvalue weighted by Gasteiger charge is -2.28. The Balaban J connectivity index is 2.96. The van der Waals surface area contributed by atoms with Crippen molar-refractivity contribution >= 4 is 23.9 Å². The SMILES string of the molecule is COc1ccc(/C=C/CN(C(=O)OC(C)(C)C)C(=O)OC(C)(C)C)c(N)c1. The number of amides is 2. The van der Waals surface area contributed by atoms with E-state index in [4.69, 9.17) is 19.9 Å². The molecule has 0 aliphatic heterocycles. The van der Waals surface area contributed by atoms with Crippen molar-refractivity contribution in [3.8, 4) is 5.75 Å². The van der Waals surface area contributed by atoms with Gasteiger partial charge in [0.15, 0.2) is 0 Å². The number of carbonyl (C=O) groups excluding carboxylic acids is 2. The quantitative estimate of drug-likeness (QED) is 0.778. The minimum Gasteiger partial charge on any atom is -0.497 e. The van der Waals surface area contributed by atoms with Gasteiger partial charge in [-0.2, -0.15) is 0 Å². The number of imide groups is 1. The van der Waals surface area contributed by atoms with Gasteiger partial charge in [0.25, 0.3) is 0 Å². The summed E-state index contributed by atoms with van der Waals surface area (Å²) >= 11 is 0. The van der Waals surface area contributed by atoms with E-state index in [1.807, 2.05) is 0 Å². The number of rotatable bonds is 4. The molecule has 0 heterocycles. The minimum absolute atomic E-state index is 0.0186. The fourth-order valence-electron chi connectivity index (χ4n) is 1.97. The number of carbonyl (C=O) groups is 2. The molecule has 0 aliphatic rings. The van der Waals surface area contributed by atoms with Crippen LogP contribution in [-0.4, -0.2) is 41.9 Å². The van der Waals surface area contributed by atoms with Crippen molar-refractivity contribution in [1.82, 2.24) is 4.90 Å². The maximum Gasteiger partial charge on any atom is 0.420 e. The summed E-state index contributed by atoms with van der Waals surface area (Å²) in [5.74, 6) is 0.647. The van der Waals surface area contributed by atoms with Crippen molar-refractivity contribution in [3.63, 3.8) is 0 Å². The number of nitrogens with zero attached hydrogens (tertiary/aromatic N) is 1. The molecule has 0 radical (unpaired) electrons. The molecule has 0 saturated carbocycles. The summed E-state index contributed by atoms with van der Waals surface area (Å²) in [4.78, 5) is 25.7. The zero-order valence-corrected chi connectivity index (χ0v) is 17.2. The average molecular weight is 378 g/mol. The molecule has 0 spiro atoms. The van der Waals surface area contributed by atoms with Gasteiger partial charge in [-0.15, -0.1) is 0 Å². The minimum atomic E-state index is -0.774. The summed E-state index contributed by atoms with van der Waals surface area (Å²) < 4.78 is 15.7. The molecule has 0 saturated heterocycles. The van der Waals surface area contributed by atoms with Gasteiger partial charge >= 0.3 is 12.2 Å². The van der Waals surface area contributed by atoms with Gasteiger partial charge in [0, 0.05) is 11.8 Å². The first kappa shape index (κ1) is 22.3. The Morgan fingerprint density at radius 3 is 1.96 bits per heavy atom. The number of benzene rings is 1. The highest BCUT2D eigenvalue weighted by Crippen LogP contribution is 2.21. The molecule has 150 valence electrons. The van der Waals surface area contributed by atoms with Gasteiger partial charge in [-0.1, -0.05) is 12.2 Å². The molecule has 27 heavy (non-hydrogen) atoms. The van der Waals surface area contributed by atoms with Crippen LogP contribution in [0.1, 0.15) is 47.1 Å². The van der Waals surface area contributed by atoms with Crippen molar-refractivity contribution in [2.75, 3.05) is 19.4 Å². The molecule has 1 rings (SSSR count). The molecule has 0 aromatic heterocycles. The first-order chi connectivity index (χ1) is 12.3. The highest BCUT2D eigenvalue weighted by atomic mass is 16.6. The van der Waals surface area contributed by atoms with Crippen molar-refractivity contribution in [2.24, 2.45) is 0 Å². The Kier molecular flexibility index (Phi) is 7.28. The van der Waals surface area contributed by atoms with Crippen LogP contribution in [0.3, 0.4) is 0 Å². The summed E-state index contributed by atoms with van der Waals surface area (Å²) in [6.45, 7) is 10.4. The van der Waals surface area contributed by atoms with Crippen LogP contribution in [0.4, 0.5) is 15.3 Å². The summed E-state index contributed by atoms with van der Waals surface area (Å²) in [5, 5.41) is 0. The topological polar surface area (TPSA) is 91.1 Å². The number of hydrogen-bond donors (Lipinski definition) is 1. The van der Waals surface area contributed by atoms with Crippen LogP contribution in [0, 0.1) is 0 Å². The predicted molar refractivity (Wildman–Crippen MR) is 106 cm³/mol. The third-order valence-electron chi connectivity index (χ3n) is 3.11. The highest BCUT2D eigenvalue weighted by Gasteiger charge is 2.30. The number of methoxy groups -OCH3 is 1. The smallest absolute Gasteiger partial charge is 0.420 e. The molecule has 7 nitrogen and oxygen atoms in total. The van der Waals surface area contributed by atoms with E-state index in [-0.39, 0.29) is 6.54 Å². The molecule has 0 aliphatic carbocycles. The Bertz CT molecular complexity index is 671. The third kappa shape index (κ3) is 8.02. The second-order valence-corrected chi connectivity index (χ2v) is 7.97. The van der Waals surface area contributed by atoms with Crippen molar-refractivity contribution in [2.45, 2.75) is 52.7 Å². The Labute approximate surface area is 161 Å². The fourth-order valence-corrected chi connectivity index (χ4v) is 1.97. The van der Waals surface area contributed by atoms with E-state index in [2.05, 4.69) is 0 Å². The van der Waals surface area contributed by atoms with E-state index in [0.717, 1.165) is 10.5 Å². The Morgan fingerprint density at radius 2 is 1.56 bits per heavy atom. The fraction of sp³-hybridized carbons (Fsp3) is 0.500. The predicted octanol–water partition coefficient (Wildman–Crippen LogP) is 4.46. The van der Waals surface area contributed by atoms with Crippen LogP contribution in [0.15, 0.2) is 24.3 Å². The Hall–Kier alpha value is -2.70. The standard InChI is InChI=1S/C20H30N2O5/c1-19(2,3)26-17(23)22(18(24)27-20(4,5)6)12-8-9-14-10-11-15(25-7)13-16(14)21/h8-11,13H,12,21H2,1-7H3/b9-8+. The average Bonchev–Trinajstić information content (AvgIpc) is 2.48. The second kappa shape index (κ2) is 8.79. The lowest BCUT2D eigenvalue weighted by Crippen LogP contribution is -2.43. The highest BCUT2D eigenvalue weighted by molar-refractivity contribution is 5.88. The molecule has 1 aromatic rings. The molecule has 2 amide bonds. The molecule has 7 heteroatoms. The van der Waals surface area contributed by atoms with Crippen molar-refractivity contribution in [3.05, 3.63) is 29.8 Å². The van der Waals surface area contributed by atoms with E-state index in [9.17, 15) is 9.59 Å². The second-order valence-electron chi connectivity index (χ2n) is 7.97.